The molecule has 2 heterocycles. The van der Waals surface area contributed by atoms with E-state index in [1.807, 2.05) is 0 Å². The molecule has 1 aromatic rings. The van der Waals surface area contributed by atoms with Gasteiger partial charge in [0.1, 0.15) is 6.61 Å². The Bertz CT molecular complexity index is 1090. The predicted molar refractivity (Wildman–Crippen MR) is 125 cm³/mol. The van der Waals surface area contributed by atoms with Crippen LogP contribution in [0.5, 0.6) is 0 Å². The summed E-state index contributed by atoms with van der Waals surface area (Å²) in [4.78, 5) is 42.3. The lowest BCUT2D eigenvalue weighted by atomic mass is 10.0. The summed E-state index contributed by atoms with van der Waals surface area (Å²) in [7, 11) is 1.50. The average molecular weight is 507 g/mol. The molecule has 1 saturated heterocycles. The van der Waals surface area contributed by atoms with Crippen molar-refractivity contribution in [3.8, 4) is 6.07 Å². The second-order valence-corrected chi connectivity index (χ2v) is 8.85. The number of hydrogen-bond donors (Lipinski definition) is 0. The number of methoxy groups -OCH3 is 1. The van der Waals surface area contributed by atoms with E-state index in [1.54, 1.807) is 4.90 Å². The second-order valence-electron chi connectivity index (χ2n) is 8.85. The molecule has 2 aliphatic rings. The molecule has 0 radical (unpaired) electrons. The maximum atomic E-state index is 13.3. The number of nitrogens with zero attached hydrogens (tertiary/aromatic N) is 4. The molecule has 3 rings (SSSR count). The van der Waals surface area contributed by atoms with Gasteiger partial charge >= 0.3 is 6.18 Å². The van der Waals surface area contributed by atoms with Gasteiger partial charge in [0.2, 0.25) is 5.91 Å². The lowest BCUT2D eigenvalue weighted by molar-refractivity contribution is -0.138. The van der Waals surface area contributed by atoms with Crippen LogP contribution in [0.1, 0.15) is 43.7 Å². The normalized spacial score (nSPS) is 17.2. The van der Waals surface area contributed by atoms with Gasteiger partial charge in [-0.3, -0.25) is 19.3 Å². The minimum absolute atomic E-state index is 0.0127. The first-order valence-electron chi connectivity index (χ1n) is 11.8. The molecule has 2 aliphatic heterocycles. The minimum Gasteiger partial charge on any atom is -0.375 e. The number of ether oxygens (including phenoxy) is 1. The van der Waals surface area contributed by atoms with E-state index in [0.29, 0.717) is 37.6 Å². The summed E-state index contributed by atoms with van der Waals surface area (Å²) in [6, 6.07) is 4.32. The maximum Gasteiger partial charge on any atom is 0.417 e. The maximum absolute atomic E-state index is 13.3. The minimum atomic E-state index is -4.79. The van der Waals surface area contributed by atoms with Gasteiger partial charge in [0.05, 0.1) is 22.9 Å². The van der Waals surface area contributed by atoms with E-state index in [1.165, 1.54) is 26.2 Å². The van der Waals surface area contributed by atoms with E-state index in [0.717, 1.165) is 43.4 Å². The number of benzene rings is 1. The third-order valence-electron chi connectivity index (χ3n) is 6.52. The van der Waals surface area contributed by atoms with Crippen LogP contribution in [-0.4, -0.2) is 74.0 Å². The highest BCUT2D eigenvalue weighted by Gasteiger charge is 2.39. The van der Waals surface area contributed by atoms with Crippen molar-refractivity contribution in [3.05, 3.63) is 40.5 Å². The molecule has 3 amide bonds. The lowest BCUT2D eigenvalue weighted by Gasteiger charge is -2.34. The van der Waals surface area contributed by atoms with Crippen LogP contribution < -0.4 is 4.90 Å². The van der Waals surface area contributed by atoms with E-state index >= 15 is 0 Å². The van der Waals surface area contributed by atoms with Crippen LogP contribution in [-0.2, 0) is 25.3 Å². The summed E-state index contributed by atoms with van der Waals surface area (Å²) < 4.78 is 44.9. The zero-order valence-corrected chi connectivity index (χ0v) is 20.4. The Morgan fingerprint density at radius 2 is 1.78 bits per heavy atom. The standard InChI is InChI=1S/C25H29F3N4O4/c1-17-20(6-4-3-5-9-30-10-12-31(13-11-30)22(33)16-36-2)24(35)32(23(17)34)19-8-7-18(15-29)21(14-19)25(26,27)28/h7-8,14H,3-6,9-13,16H2,1-2H3. The second kappa shape index (κ2) is 11.7. The quantitative estimate of drug-likeness (QED) is 0.377. The molecule has 8 nitrogen and oxygen atoms in total. The van der Waals surface area contributed by atoms with E-state index in [2.05, 4.69) is 4.90 Å². The van der Waals surface area contributed by atoms with Crippen molar-refractivity contribution in [1.82, 2.24) is 9.80 Å². The van der Waals surface area contributed by atoms with Gasteiger partial charge in [-0.05, 0) is 50.9 Å². The van der Waals surface area contributed by atoms with Crippen molar-refractivity contribution in [2.45, 2.75) is 38.8 Å². The van der Waals surface area contributed by atoms with Gasteiger partial charge in [0.25, 0.3) is 11.8 Å². The van der Waals surface area contributed by atoms with Crippen molar-refractivity contribution >= 4 is 23.4 Å². The summed E-state index contributed by atoms with van der Waals surface area (Å²) in [6.45, 7) is 5.34. The summed E-state index contributed by atoms with van der Waals surface area (Å²) in [6.07, 6.45) is -2.07. The fourth-order valence-corrected chi connectivity index (χ4v) is 4.47. The summed E-state index contributed by atoms with van der Waals surface area (Å²) in [5.74, 6) is -1.28. The van der Waals surface area contributed by atoms with Crippen LogP contribution in [0.3, 0.4) is 0 Å². The fraction of sp³-hybridized carbons (Fsp3) is 0.520. The van der Waals surface area contributed by atoms with Crippen molar-refractivity contribution in [1.29, 1.82) is 5.26 Å². The van der Waals surface area contributed by atoms with Crippen LogP contribution >= 0.6 is 0 Å². The molecular weight excluding hydrogens is 477 g/mol. The SMILES string of the molecule is COCC(=O)N1CCN(CCCCCC2=C(C)C(=O)N(c3ccc(C#N)c(C(F)(F)F)c3)C2=O)CC1. The smallest absolute Gasteiger partial charge is 0.375 e. The monoisotopic (exact) mass is 506 g/mol. The van der Waals surface area contributed by atoms with Gasteiger partial charge in [-0.1, -0.05) is 6.42 Å². The highest BCUT2D eigenvalue weighted by Crippen LogP contribution is 2.36. The van der Waals surface area contributed by atoms with Crippen LogP contribution in [0.15, 0.2) is 29.3 Å². The number of amides is 3. The molecule has 36 heavy (non-hydrogen) atoms. The van der Waals surface area contributed by atoms with Crippen molar-refractivity contribution in [3.63, 3.8) is 0 Å². The Balaban J connectivity index is 1.51. The number of halogens is 3. The van der Waals surface area contributed by atoms with Gasteiger partial charge in [-0.25, -0.2) is 4.90 Å². The molecule has 0 bridgehead atoms. The molecule has 0 N–H and O–H groups in total. The van der Waals surface area contributed by atoms with Gasteiger partial charge < -0.3 is 9.64 Å². The van der Waals surface area contributed by atoms with Crippen molar-refractivity contribution < 1.29 is 32.3 Å². The zero-order chi connectivity index (χ0) is 26.5. The van der Waals surface area contributed by atoms with Crippen LogP contribution in [0.4, 0.5) is 18.9 Å². The molecule has 1 aromatic carbocycles. The number of carbonyl (C=O) groups is 3. The first kappa shape index (κ1) is 27.4. The summed E-state index contributed by atoms with van der Waals surface area (Å²) >= 11 is 0. The molecule has 0 aromatic heterocycles. The topological polar surface area (TPSA) is 93.9 Å². The highest BCUT2D eigenvalue weighted by atomic mass is 19.4. The Morgan fingerprint density at radius 1 is 1.08 bits per heavy atom. The predicted octanol–water partition coefficient (Wildman–Crippen LogP) is 3.12. The number of anilines is 1. The number of hydrogen-bond acceptors (Lipinski definition) is 6. The summed E-state index contributed by atoms with van der Waals surface area (Å²) in [5, 5.41) is 8.97. The summed E-state index contributed by atoms with van der Waals surface area (Å²) in [5.41, 5.74) is -1.41. The average Bonchev–Trinajstić information content (AvgIpc) is 3.06. The first-order chi connectivity index (χ1) is 17.1. The molecule has 0 saturated carbocycles. The molecular formula is C25H29F3N4O4. The van der Waals surface area contributed by atoms with Gasteiger partial charge in [-0.2, -0.15) is 18.4 Å². The number of imide groups is 1. The van der Waals surface area contributed by atoms with E-state index in [9.17, 15) is 27.6 Å². The third kappa shape index (κ3) is 6.12. The van der Waals surface area contributed by atoms with E-state index < -0.39 is 29.1 Å². The van der Waals surface area contributed by atoms with Crippen molar-refractivity contribution in [2.24, 2.45) is 0 Å². The number of carbonyl (C=O) groups excluding carboxylic acids is 3. The Morgan fingerprint density at radius 3 is 2.39 bits per heavy atom. The highest BCUT2D eigenvalue weighted by molar-refractivity contribution is 6.32. The van der Waals surface area contributed by atoms with Crippen LogP contribution in [0.2, 0.25) is 0 Å². The molecule has 194 valence electrons. The van der Waals surface area contributed by atoms with E-state index in [4.69, 9.17) is 10.00 Å². The molecule has 0 unspecified atom stereocenters. The molecule has 11 heteroatoms. The number of nitriles is 1. The van der Waals surface area contributed by atoms with Gasteiger partial charge in [0.15, 0.2) is 0 Å². The number of rotatable bonds is 9. The Kier molecular flexibility index (Phi) is 8.87. The largest absolute Gasteiger partial charge is 0.417 e. The fourth-order valence-electron chi connectivity index (χ4n) is 4.47. The lowest BCUT2D eigenvalue weighted by Crippen LogP contribution is -2.49. The number of unbranched alkanes of at least 4 members (excludes halogenated alkanes) is 2. The van der Waals surface area contributed by atoms with Gasteiger partial charge in [0, 0.05) is 44.4 Å². The van der Waals surface area contributed by atoms with Gasteiger partial charge in [-0.15, -0.1) is 0 Å². The van der Waals surface area contributed by atoms with Crippen molar-refractivity contribution in [2.75, 3.05) is 51.3 Å². The molecule has 0 atom stereocenters. The van der Waals surface area contributed by atoms with Crippen LogP contribution in [0, 0.1) is 11.3 Å². The third-order valence-corrected chi connectivity index (χ3v) is 6.52. The first-order valence-corrected chi connectivity index (χ1v) is 11.8. The number of alkyl halides is 3. The Hall–Kier alpha value is -3.23. The van der Waals surface area contributed by atoms with E-state index in [-0.39, 0.29) is 23.8 Å². The molecule has 1 fully saturated rings. The molecule has 0 aliphatic carbocycles. The van der Waals surface area contributed by atoms with Crippen LogP contribution in [0.25, 0.3) is 0 Å². The zero-order valence-electron chi connectivity index (χ0n) is 20.4. The number of piperazine rings is 1. The molecule has 0 spiro atoms. The Labute approximate surface area is 207 Å².